The third-order valence-corrected chi connectivity index (χ3v) is 6.50. The van der Waals surface area contributed by atoms with Crippen LogP contribution in [0.1, 0.15) is 25.1 Å². The molecule has 146 valence electrons. The molecule has 1 aromatic heterocycles. The summed E-state index contributed by atoms with van der Waals surface area (Å²) in [6.07, 6.45) is 1.15. The number of hydrogen-bond acceptors (Lipinski definition) is 5. The van der Waals surface area contributed by atoms with Crippen molar-refractivity contribution in [1.82, 2.24) is 9.78 Å². The highest BCUT2D eigenvalue weighted by molar-refractivity contribution is 7.91. The Morgan fingerprint density at radius 2 is 2.15 bits per heavy atom. The van der Waals surface area contributed by atoms with Crippen molar-refractivity contribution >= 4 is 44.8 Å². The molecule has 1 fully saturated rings. The number of ether oxygens (including phenoxy) is 1. The normalized spacial score (nSPS) is 18.4. The van der Waals surface area contributed by atoms with Gasteiger partial charge in [-0.15, -0.1) is 0 Å². The Labute approximate surface area is 167 Å². The van der Waals surface area contributed by atoms with Crippen molar-refractivity contribution < 1.29 is 17.9 Å². The van der Waals surface area contributed by atoms with Crippen molar-refractivity contribution in [3.05, 3.63) is 40.0 Å². The second kappa shape index (κ2) is 8.08. The first-order chi connectivity index (χ1) is 12.8. The van der Waals surface area contributed by atoms with E-state index in [1.807, 2.05) is 6.92 Å². The maximum absolute atomic E-state index is 12.3. The molecule has 1 aliphatic heterocycles. The number of nitrogens with zero attached hydrogens (tertiary/aromatic N) is 2. The summed E-state index contributed by atoms with van der Waals surface area (Å²) in [4.78, 5) is 12.3. The number of rotatable bonds is 6. The topological polar surface area (TPSA) is 90.3 Å². The number of halogens is 2. The first kappa shape index (κ1) is 20.0. The molecule has 1 aromatic carbocycles. The predicted octanol–water partition coefficient (Wildman–Crippen LogP) is 3.13. The summed E-state index contributed by atoms with van der Waals surface area (Å²) in [5.74, 6) is 0.568. The van der Waals surface area contributed by atoms with Crippen molar-refractivity contribution in [2.45, 2.75) is 25.8 Å². The number of carbonyl (C=O) groups excluding carboxylic acids is 1. The van der Waals surface area contributed by atoms with Gasteiger partial charge in [0.05, 0.1) is 28.3 Å². The average molecular weight is 432 g/mol. The Morgan fingerprint density at radius 3 is 2.78 bits per heavy atom. The van der Waals surface area contributed by atoms with Crippen molar-refractivity contribution in [3.8, 4) is 5.75 Å². The molecule has 0 saturated carbocycles. The third-order valence-electron chi connectivity index (χ3n) is 4.22. The number of aryl methyl sites for hydroxylation is 1. The zero-order valence-corrected chi connectivity index (χ0v) is 16.9. The van der Waals surface area contributed by atoms with Gasteiger partial charge in [0.2, 0.25) is 0 Å². The lowest BCUT2D eigenvalue weighted by Crippen LogP contribution is -2.24. The van der Waals surface area contributed by atoms with Crippen LogP contribution in [0.5, 0.6) is 5.75 Å². The molecule has 27 heavy (non-hydrogen) atoms. The molecule has 10 heteroatoms. The van der Waals surface area contributed by atoms with Crippen LogP contribution in [0.2, 0.25) is 10.0 Å². The molecule has 0 aliphatic carbocycles. The van der Waals surface area contributed by atoms with E-state index < -0.39 is 15.7 Å². The number of benzene rings is 1. The molecule has 0 spiro atoms. The highest BCUT2D eigenvalue weighted by Crippen LogP contribution is 2.29. The predicted molar refractivity (Wildman–Crippen MR) is 104 cm³/mol. The van der Waals surface area contributed by atoms with Gasteiger partial charge in [-0.3, -0.25) is 4.79 Å². The summed E-state index contributed by atoms with van der Waals surface area (Å²) < 4.78 is 30.6. The van der Waals surface area contributed by atoms with Gasteiger partial charge in [0.15, 0.2) is 16.4 Å². The van der Waals surface area contributed by atoms with Crippen LogP contribution in [0.4, 0.5) is 5.82 Å². The Morgan fingerprint density at radius 1 is 1.37 bits per heavy atom. The summed E-state index contributed by atoms with van der Waals surface area (Å²) in [6.45, 7) is 1.69. The average Bonchev–Trinajstić information content (AvgIpc) is 3.16. The van der Waals surface area contributed by atoms with Crippen LogP contribution < -0.4 is 10.1 Å². The summed E-state index contributed by atoms with van der Waals surface area (Å²) in [5.41, 5.74) is 0.774. The van der Waals surface area contributed by atoms with Crippen LogP contribution >= 0.6 is 23.2 Å². The second-order valence-corrected chi connectivity index (χ2v) is 9.36. The van der Waals surface area contributed by atoms with E-state index in [4.69, 9.17) is 27.9 Å². The van der Waals surface area contributed by atoms with Crippen LogP contribution in [0, 0.1) is 0 Å². The number of carbonyl (C=O) groups is 1. The fourth-order valence-electron chi connectivity index (χ4n) is 2.87. The maximum atomic E-state index is 12.3. The maximum Gasteiger partial charge on any atom is 0.263 e. The third kappa shape index (κ3) is 4.94. The van der Waals surface area contributed by atoms with Gasteiger partial charge >= 0.3 is 0 Å². The van der Waals surface area contributed by atoms with Gasteiger partial charge in [0.25, 0.3) is 5.91 Å². The summed E-state index contributed by atoms with van der Waals surface area (Å²) in [6, 6.07) is 6.19. The summed E-state index contributed by atoms with van der Waals surface area (Å²) in [5, 5.41) is 7.96. The Bertz CT molecular complexity index is 959. The molecular weight excluding hydrogens is 413 g/mol. The smallest absolute Gasteiger partial charge is 0.263 e. The molecule has 7 nitrogen and oxygen atoms in total. The Balaban J connectivity index is 1.69. The molecule has 1 saturated heterocycles. The lowest BCUT2D eigenvalue weighted by molar-refractivity contribution is -0.118. The van der Waals surface area contributed by atoms with Gasteiger partial charge in [0, 0.05) is 11.1 Å². The van der Waals surface area contributed by atoms with E-state index in [9.17, 15) is 13.2 Å². The van der Waals surface area contributed by atoms with Gasteiger partial charge in [-0.2, -0.15) is 5.10 Å². The lowest BCUT2D eigenvalue weighted by atomic mass is 10.3. The highest BCUT2D eigenvalue weighted by atomic mass is 35.5. The zero-order valence-electron chi connectivity index (χ0n) is 14.6. The Kier molecular flexibility index (Phi) is 5.98. The minimum absolute atomic E-state index is 0.0254. The summed E-state index contributed by atoms with van der Waals surface area (Å²) in [7, 11) is -3.06. The van der Waals surface area contributed by atoms with E-state index in [0.29, 0.717) is 34.5 Å². The van der Waals surface area contributed by atoms with Gasteiger partial charge in [0.1, 0.15) is 11.6 Å². The lowest BCUT2D eigenvalue weighted by Gasteiger charge is -2.14. The van der Waals surface area contributed by atoms with Crippen LogP contribution in [-0.4, -0.2) is 42.2 Å². The van der Waals surface area contributed by atoms with E-state index in [-0.39, 0.29) is 24.2 Å². The molecule has 0 bridgehead atoms. The largest absolute Gasteiger partial charge is 0.482 e. The van der Waals surface area contributed by atoms with E-state index in [0.717, 1.165) is 5.69 Å². The first-order valence-electron chi connectivity index (χ1n) is 8.44. The van der Waals surface area contributed by atoms with Crippen LogP contribution in [0.3, 0.4) is 0 Å². The number of anilines is 1. The Hall–Kier alpha value is -1.77. The van der Waals surface area contributed by atoms with Crippen molar-refractivity contribution in [2.75, 3.05) is 23.4 Å². The monoisotopic (exact) mass is 431 g/mol. The molecule has 2 aromatic rings. The minimum Gasteiger partial charge on any atom is -0.482 e. The van der Waals surface area contributed by atoms with E-state index >= 15 is 0 Å². The molecule has 1 N–H and O–H groups in total. The van der Waals surface area contributed by atoms with E-state index in [1.165, 1.54) is 6.07 Å². The fraction of sp³-hybridized carbons (Fsp3) is 0.412. The molecule has 2 heterocycles. The van der Waals surface area contributed by atoms with Gasteiger partial charge < -0.3 is 10.1 Å². The molecular formula is C17H19Cl2N3O4S. The quantitative estimate of drug-likeness (QED) is 0.758. The molecule has 3 rings (SSSR count). The molecule has 1 atom stereocenters. The minimum atomic E-state index is -3.06. The van der Waals surface area contributed by atoms with Crippen LogP contribution in [0.25, 0.3) is 0 Å². The first-order valence-corrected chi connectivity index (χ1v) is 11.0. The van der Waals surface area contributed by atoms with E-state index in [2.05, 4.69) is 10.4 Å². The molecule has 1 amide bonds. The summed E-state index contributed by atoms with van der Waals surface area (Å²) >= 11 is 11.9. The van der Waals surface area contributed by atoms with Crippen LogP contribution in [0.15, 0.2) is 24.3 Å². The van der Waals surface area contributed by atoms with Crippen molar-refractivity contribution in [3.63, 3.8) is 0 Å². The van der Waals surface area contributed by atoms with Gasteiger partial charge in [-0.25, -0.2) is 13.1 Å². The molecule has 0 radical (unpaired) electrons. The van der Waals surface area contributed by atoms with Crippen molar-refractivity contribution in [2.24, 2.45) is 0 Å². The number of aromatic nitrogens is 2. The standard InChI is InChI=1S/C17H19Cl2N3O4S/c1-2-12-8-16(22(21-12)13-5-6-27(24,25)10-13)20-17(23)9-26-15-4-3-11(18)7-14(15)19/h3-4,7-8,13H,2,5-6,9-10H2,1H3,(H,20,23). The number of sulfone groups is 1. The highest BCUT2D eigenvalue weighted by Gasteiger charge is 2.31. The van der Waals surface area contributed by atoms with E-state index in [1.54, 1.807) is 22.9 Å². The molecule has 1 aliphatic rings. The zero-order chi connectivity index (χ0) is 19.6. The van der Waals surface area contributed by atoms with Gasteiger partial charge in [-0.1, -0.05) is 30.1 Å². The van der Waals surface area contributed by atoms with Crippen molar-refractivity contribution in [1.29, 1.82) is 0 Å². The van der Waals surface area contributed by atoms with Crippen LogP contribution in [-0.2, 0) is 21.1 Å². The second-order valence-electron chi connectivity index (χ2n) is 6.29. The number of nitrogens with one attached hydrogen (secondary N) is 1. The number of hydrogen-bond donors (Lipinski definition) is 1. The fourth-order valence-corrected chi connectivity index (χ4v) is 5.03. The van der Waals surface area contributed by atoms with Gasteiger partial charge in [-0.05, 0) is 31.0 Å². The SMILES string of the molecule is CCc1cc(NC(=O)COc2ccc(Cl)cc2Cl)n(C2CCS(=O)(=O)C2)n1. The number of amides is 1. The molecule has 1 unspecified atom stereocenters.